The van der Waals surface area contributed by atoms with Crippen LogP contribution in [0, 0.1) is 0 Å². The molecule has 0 aliphatic rings. The van der Waals surface area contributed by atoms with Crippen LogP contribution in [-0.2, 0) is 14.3 Å². The molecule has 1 N–H and O–H groups in total. The highest BCUT2D eigenvalue weighted by Crippen LogP contribution is 2.25. The fourth-order valence-electron chi connectivity index (χ4n) is 1.79. The molecule has 0 unspecified atom stereocenters. The molecule has 1 aromatic carbocycles. The van der Waals surface area contributed by atoms with Crippen molar-refractivity contribution in [3.8, 4) is 11.4 Å². The number of amides is 1. The molecule has 128 valence electrons. The molecule has 0 saturated carbocycles. The number of thioether (sulfide) groups is 1. The molecule has 0 aliphatic heterocycles. The van der Waals surface area contributed by atoms with Crippen LogP contribution in [0.25, 0.3) is 5.69 Å². The average molecular weight is 351 g/mol. The maximum Gasteiger partial charge on any atom is 0.325 e. The fraction of sp³-hybridized carbons (Fsp3) is 0.357. The lowest BCUT2D eigenvalue weighted by molar-refractivity contribution is -0.143. The van der Waals surface area contributed by atoms with Gasteiger partial charge >= 0.3 is 5.97 Å². The summed E-state index contributed by atoms with van der Waals surface area (Å²) in [5.41, 5.74) is 0.666. The van der Waals surface area contributed by atoms with Gasteiger partial charge in [-0.1, -0.05) is 23.9 Å². The van der Waals surface area contributed by atoms with Gasteiger partial charge in [-0.05, 0) is 29.5 Å². The van der Waals surface area contributed by atoms with E-state index in [0.29, 0.717) is 16.6 Å². The second-order valence-electron chi connectivity index (χ2n) is 4.42. The highest BCUT2D eigenvalue weighted by atomic mass is 32.2. The molecule has 24 heavy (non-hydrogen) atoms. The number of hydrogen-bond donors (Lipinski definition) is 1. The van der Waals surface area contributed by atoms with Gasteiger partial charge in [0, 0.05) is 0 Å². The quantitative estimate of drug-likeness (QED) is 0.539. The normalized spacial score (nSPS) is 10.2. The van der Waals surface area contributed by atoms with Gasteiger partial charge in [0.25, 0.3) is 0 Å². The van der Waals surface area contributed by atoms with Crippen LogP contribution >= 0.6 is 11.8 Å². The molecular weight excluding hydrogens is 334 g/mol. The lowest BCUT2D eigenvalue weighted by Gasteiger charge is -2.09. The van der Waals surface area contributed by atoms with E-state index in [2.05, 4.69) is 20.8 Å². The number of carbonyl (C=O) groups is 2. The highest BCUT2D eigenvalue weighted by Gasteiger charge is 2.15. The maximum absolute atomic E-state index is 11.8. The average Bonchev–Trinajstić information content (AvgIpc) is 3.06. The minimum absolute atomic E-state index is 0.0644. The Hall–Kier alpha value is -2.62. The third-order valence-electron chi connectivity index (χ3n) is 2.82. The topological polar surface area (TPSA) is 108 Å². The summed E-state index contributed by atoms with van der Waals surface area (Å²) < 4.78 is 11.5. The lowest BCUT2D eigenvalue weighted by Crippen LogP contribution is -2.31. The third kappa shape index (κ3) is 4.69. The number of rotatable bonds is 8. The van der Waals surface area contributed by atoms with Gasteiger partial charge in [-0.25, -0.2) is 0 Å². The molecule has 2 rings (SSSR count). The minimum Gasteiger partial charge on any atom is -0.494 e. The molecule has 0 saturated heterocycles. The van der Waals surface area contributed by atoms with Gasteiger partial charge in [-0.15, -0.1) is 5.10 Å². The molecule has 0 fully saturated rings. The highest BCUT2D eigenvalue weighted by molar-refractivity contribution is 7.99. The first-order chi connectivity index (χ1) is 11.7. The number of benzene rings is 1. The Balaban J connectivity index is 1.96. The summed E-state index contributed by atoms with van der Waals surface area (Å²) in [5.74, 6) is -0.120. The van der Waals surface area contributed by atoms with E-state index in [9.17, 15) is 9.59 Å². The second kappa shape index (κ2) is 8.87. The van der Waals surface area contributed by atoms with E-state index in [4.69, 9.17) is 9.47 Å². The van der Waals surface area contributed by atoms with E-state index in [1.54, 1.807) is 26.2 Å². The minimum atomic E-state index is -0.477. The van der Waals surface area contributed by atoms with Crippen molar-refractivity contribution in [3.63, 3.8) is 0 Å². The zero-order chi connectivity index (χ0) is 17.4. The van der Waals surface area contributed by atoms with Crippen molar-refractivity contribution in [3.05, 3.63) is 24.3 Å². The van der Waals surface area contributed by atoms with E-state index >= 15 is 0 Å². The number of nitrogens with one attached hydrogen (secondary N) is 1. The van der Waals surface area contributed by atoms with Crippen molar-refractivity contribution in [1.29, 1.82) is 0 Å². The molecule has 0 bridgehead atoms. The molecule has 1 aromatic heterocycles. The molecule has 0 aliphatic carbocycles. The number of ether oxygens (including phenoxy) is 2. The van der Waals surface area contributed by atoms with Crippen LogP contribution < -0.4 is 10.1 Å². The predicted molar refractivity (Wildman–Crippen MR) is 86.1 cm³/mol. The molecule has 0 radical (unpaired) electrons. The summed E-state index contributed by atoms with van der Waals surface area (Å²) in [6.45, 7) is 1.81. The van der Waals surface area contributed by atoms with Gasteiger partial charge in [0.1, 0.15) is 18.0 Å². The second-order valence-corrected chi connectivity index (χ2v) is 5.36. The number of nitrogens with zero attached hydrogens (tertiary/aromatic N) is 4. The zero-order valence-corrected chi connectivity index (χ0v) is 14.1. The summed E-state index contributed by atoms with van der Waals surface area (Å²) in [6.07, 6.45) is 0. The van der Waals surface area contributed by atoms with Gasteiger partial charge in [-0.3, -0.25) is 9.59 Å². The first-order valence-electron chi connectivity index (χ1n) is 7.12. The van der Waals surface area contributed by atoms with E-state index in [0.717, 1.165) is 11.8 Å². The van der Waals surface area contributed by atoms with Gasteiger partial charge in [-0.2, -0.15) is 4.68 Å². The van der Waals surface area contributed by atoms with Crippen LogP contribution in [-0.4, -0.2) is 58.1 Å². The van der Waals surface area contributed by atoms with Gasteiger partial charge in [0.15, 0.2) is 0 Å². The van der Waals surface area contributed by atoms with Crippen molar-refractivity contribution in [2.75, 3.05) is 26.0 Å². The Morgan fingerprint density at radius 3 is 2.88 bits per heavy atom. The number of methoxy groups -OCH3 is 1. The number of carbonyl (C=O) groups excluding carboxylic acids is 2. The first-order valence-corrected chi connectivity index (χ1v) is 8.11. The molecule has 10 heteroatoms. The molecule has 9 nitrogen and oxygen atoms in total. The molecule has 2 aromatic rings. The third-order valence-corrected chi connectivity index (χ3v) is 3.74. The van der Waals surface area contributed by atoms with Crippen molar-refractivity contribution in [2.24, 2.45) is 0 Å². The first kappa shape index (κ1) is 17.7. The summed E-state index contributed by atoms with van der Waals surface area (Å²) in [4.78, 5) is 23.0. The Morgan fingerprint density at radius 1 is 1.33 bits per heavy atom. The van der Waals surface area contributed by atoms with Crippen molar-refractivity contribution < 1.29 is 19.1 Å². The maximum atomic E-state index is 11.8. The van der Waals surface area contributed by atoms with Crippen molar-refractivity contribution in [2.45, 2.75) is 12.1 Å². The summed E-state index contributed by atoms with van der Waals surface area (Å²) in [7, 11) is 1.55. The number of tetrazole rings is 1. The molecule has 1 amide bonds. The summed E-state index contributed by atoms with van der Waals surface area (Å²) >= 11 is 1.15. The van der Waals surface area contributed by atoms with E-state index in [1.165, 1.54) is 4.68 Å². The van der Waals surface area contributed by atoms with Gasteiger partial charge < -0.3 is 14.8 Å². The molecule has 1 heterocycles. The molecule has 0 atom stereocenters. The van der Waals surface area contributed by atoms with Gasteiger partial charge in [0.05, 0.1) is 19.5 Å². The van der Waals surface area contributed by atoms with E-state index in [1.807, 2.05) is 12.1 Å². The van der Waals surface area contributed by atoms with Crippen LogP contribution in [0.15, 0.2) is 29.4 Å². The number of esters is 1. The van der Waals surface area contributed by atoms with Crippen LogP contribution in [0.2, 0.25) is 0 Å². The standard InChI is InChI=1S/C14H17N5O4S/c1-3-23-13(21)8-15-12(20)9-24-14-16-17-18-19(14)10-6-4-5-7-11(10)22-2/h4-7H,3,8-9H2,1-2H3,(H,15,20). The lowest BCUT2D eigenvalue weighted by atomic mass is 10.3. The molecular formula is C14H17N5O4S. The van der Waals surface area contributed by atoms with Gasteiger partial charge in [0.2, 0.25) is 11.1 Å². The SMILES string of the molecule is CCOC(=O)CNC(=O)CSc1nnnn1-c1ccccc1OC. The molecule has 0 spiro atoms. The van der Waals surface area contributed by atoms with E-state index < -0.39 is 5.97 Å². The fourth-order valence-corrected chi connectivity index (χ4v) is 2.50. The van der Waals surface area contributed by atoms with E-state index in [-0.39, 0.29) is 24.8 Å². The Morgan fingerprint density at radius 2 is 2.12 bits per heavy atom. The predicted octanol–water partition coefficient (Wildman–Crippen LogP) is 0.442. The largest absolute Gasteiger partial charge is 0.494 e. The monoisotopic (exact) mass is 351 g/mol. The smallest absolute Gasteiger partial charge is 0.325 e. The van der Waals surface area contributed by atoms with Crippen LogP contribution in [0.1, 0.15) is 6.92 Å². The van der Waals surface area contributed by atoms with Crippen molar-refractivity contribution in [1.82, 2.24) is 25.5 Å². The number of aromatic nitrogens is 4. The number of hydrogen-bond acceptors (Lipinski definition) is 8. The van der Waals surface area contributed by atoms with Crippen LogP contribution in [0.5, 0.6) is 5.75 Å². The summed E-state index contributed by atoms with van der Waals surface area (Å²) in [6, 6.07) is 7.26. The van der Waals surface area contributed by atoms with Crippen molar-refractivity contribution >= 4 is 23.6 Å². The Labute approximate surface area is 142 Å². The van der Waals surface area contributed by atoms with Crippen LogP contribution in [0.3, 0.4) is 0 Å². The Kier molecular flexibility index (Phi) is 6.55. The number of para-hydroxylation sites is 2. The summed E-state index contributed by atoms with van der Waals surface area (Å²) in [5, 5.41) is 14.4. The van der Waals surface area contributed by atoms with Crippen LogP contribution in [0.4, 0.5) is 0 Å². The Bertz CT molecular complexity index is 706. The zero-order valence-electron chi connectivity index (χ0n) is 13.3.